The van der Waals surface area contributed by atoms with Crippen molar-refractivity contribution in [1.29, 1.82) is 0 Å². The minimum absolute atomic E-state index is 0.0859. The van der Waals surface area contributed by atoms with Gasteiger partial charge in [0.25, 0.3) is 0 Å². The highest BCUT2D eigenvalue weighted by Crippen LogP contribution is 2.39. The molecule has 0 N–H and O–H groups in total. The third kappa shape index (κ3) is 2.48. The van der Waals surface area contributed by atoms with E-state index >= 15 is 0 Å². The van der Waals surface area contributed by atoms with E-state index in [-0.39, 0.29) is 42.4 Å². The third-order valence-corrected chi connectivity index (χ3v) is 4.41. The second-order valence-corrected chi connectivity index (χ2v) is 5.65. The number of imide groups is 1. The molecule has 1 aromatic rings. The maximum Gasteiger partial charge on any atom is 0.233 e. The number of benzene rings is 1. The Hall–Kier alpha value is -2.04. The van der Waals surface area contributed by atoms with Gasteiger partial charge in [-0.15, -0.1) is 0 Å². The summed E-state index contributed by atoms with van der Waals surface area (Å²) in [6.45, 7) is 0.126. The number of carbonyl (C=O) groups is 3. The summed E-state index contributed by atoms with van der Waals surface area (Å²) >= 11 is 0. The third-order valence-electron chi connectivity index (χ3n) is 4.41. The minimum atomic E-state index is -0.399. The summed E-state index contributed by atoms with van der Waals surface area (Å²) in [6.07, 6.45) is 2.56. The van der Waals surface area contributed by atoms with E-state index in [1.54, 1.807) is 0 Å². The molecule has 2 atom stereocenters. The molecule has 2 amide bonds. The van der Waals surface area contributed by atoms with E-state index in [1.165, 1.54) is 29.2 Å². The number of carbonyl (C=O) groups excluding carboxylic acids is 3. The van der Waals surface area contributed by atoms with Crippen molar-refractivity contribution in [2.24, 2.45) is 11.8 Å². The van der Waals surface area contributed by atoms with Gasteiger partial charge < -0.3 is 0 Å². The van der Waals surface area contributed by atoms with Crippen molar-refractivity contribution in [2.45, 2.75) is 25.7 Å². The van der Waals surface area contributed by atoms with Crippen molar-refractivity contribution in [2.75, 3.05) is 6.54 Å². The summed E-state index contributed by atoms with van der Waals surface area (Å²) in [6, 6.07) is 5.29. The Balaban J connectivity index is 1.63. The molecule has 1 heterocycles. The van der Waals surface area contributed by atoms with Crippen LogP contribution in [0.25, 0.3) is 0 Å². The smallest absolute Gasteiger partial charge is 0.233 e. The van der Waals surface area contributed by atoms with E-state index < -0.39 is 5.82 Å². The Morgan fingerprint density at radius 3 is 2.24 bits per heavy atom. The number of Topliss-reactive ketones (excluding diaryl/α,β-unsaturated/α-hetero) is 1. The van der Waals surface area contributed by atoms with Gasteiger partial charge in [0.1, 0.15) is 5.82 Å². The van der Waals surface area contributed by atoms with Crippen LogP contribution in [0.1, 0.15) is 36.0 Å². The predicted octanol–water partition coefficient (Wildman–Crippen LogP) is 2.18. The molecule has 0 bridgehead atoms. The number of likely N-dealkylation sites (tertiary alicyclic amines) is 1. The van der Waals surface area contributed by atoms with Crippen LogP contribution in [0.3, 0.4) is 0 Å². The molecule has 0 radical (unpaired) electrons. The summed E-state index contributed by atoms with van der Waals surface area (Å²) in [5, 5.41) is 0. The van der Waals surface area contributed by atoms with Crippen LogP contribution < -0.4 is 0 Å². The van der Waals surface area contributed by atoms with Crippen LogP contribution in [0.4, 0.5) is 4.39 Å². The normalized spacial score (nSPS) is 24.5. The molecule has 0 spiro atoms. The van der Waals surface area contributed by atoms with Gasteiger partial charge >= 0.3 is 0 Å². The summed E-state index contributed by atoms with van der Waals surface area (Å²) in [5.74, 6) is -1.18. The molecule has 110 valence electrons. The fourth-order valence-corrected chi connectivity index (χ4v) is 3.27. The lowest BCUT2D eigenvalue weighted by molar-refractivity contribution is -0.140. The van der Waals surface area contributed by atoms with E-state index in [0.717, 1.165) is 19.3 Å². The minimum Gasteiger partial charge on any atom is -0.294 e. The Kier molecular flexibility index (Phi) is 3.57. The molecule has 5 heteroatoms. The predicted molar refractivity (Wildman–Crippen MR) is 72.9 cm³/mol. The molecule has 1 aromatic carbocycles. The molecular weight excluding hydrogens is 273 g/mol. The molecule has 21 heavy (non-hydrogen) atoms. The number of nitrogens with zero attached hydrogens (tertiary/aromatic N) is 1. The number of hydrogen-bond donors (Lipinski definition) is 0. The van der Waals surface area contributed by atoms with Crippen LogP contribution >= 0.6 is 0 Å². The molecule has 2 fully saturated rings. The Morgan fingerprint density at radius 2 is 1.67 bits per heavy atom. The van der Waals surface area contributed by atoms with E-state index in [0.29, 0.717) is 5.56 Å². The van der Waals surface area contributed by atoms with E-state index in [4.69, 9.17) is 0 Å². The summed E-state index contributed by atoms with van der Waals surface area (Å²) in [7, 11) is 0. The van der Waals surface area contributed by atoms with Crippen molar-refractivity contribution in [3.05, 3.63) is 35.6 Å². The van der Waals surface area contributed by atoms with Crippen LogP contribution in [0, 0.1) is 17.7 Å². The molecule has 3 rings (SSSR count). The monoisotopic (exact) mass is 289 g/mol. The van der Waals surface area contributed by atoms with E-state index in [1.807, 2.05) is 0 Å². The zero-order chi connectivity index (χ0) is 15.0. The average Bonchev–Trinajstić information content (AvgIpc) is 3.03. The molecule has 1 aliphatic carbocycles. The highest BCUT2D eigenvalue weighted by atomic mass is 19.1. The second-order valence-electron chi connectivity index (χ2n) is 5.65. The summed E-state index contributed by atoms with van der Waals surface area (Å²) in [4.78, 5) is 37.5. The molecule has 2 aliphatic rings. The standard InChI is InChI=1S/C16H16FNO3/c17-11-6-4-10(5-7-11)14(19)8-9-18-15(20)12-2-1-3-13(12)16(18)21/h4-7,12-13H,1-3,8-9H2. The number of ketones is 1. The first-order chi connectivity index (χ1) is 10.1. The maximum absolute atomic E-state index is 12.8. The van der Waals surface area contributed by atoms with Crippen molar-refractivity contribution < 1.29 is 18.8 Å². The van der Waals surface area contributed by atoms with Gasteiger partial charge in [0.05, 0.1) is 11.8 Å². The van der Waals surface area contributed by atoms with Gasteiger partial charge in [-0.25, -0.2) is 4.39 Å². The summed E-state index contributed by atoms with van der Waals surface area (Å²) in [5.41, 5.74) is 0.399. The van der Waals surface area contributed by atoms with Gasteiger partial charge in [-0.2, -0.15) is 0 Å². The number of amides is 2. The number of halogens is 1. The van der Waals surface area contributed by atoms with E-state index in [9.17, 15) is 18.8 Å². The Bertz CT molecular complexity index is 574. The van der Waals surface area contributed by atoms with Gasteiger partial charge in [0, 0.05) is 18.5 Å². The first-order valence-corrected chi connectivity index (χ1v) is 7.22. The average molecular weight is 289 g/mol. The first-order valence-electron chi connectivity index (χ1n) is 7.22. The van der Waals surface area contributed by atoms with Gasteiger partial charge in [-0.05, 0) is 37.1 Å². The second kappa shape index (κ2) is 5.39. The van der Waals surface area contributed by atoms with E-state index in [2.05, 4.69) is 0 Å². The van der Waals surface area contributed by atoms with Crippen molar-refractivity contribution in [3.8, 4) is 0 Å². The number of fused-ring (bicyclic) bond motifs is 1. The quantitative estimate of drug-likeness (QED) is 0.630. The highest BCUT2D eigenvalue weighted by Gasteiger charge is 2.49. The molecule has 2 unspecified atom stereocenters. The van der Waals surface area contributed by atoms with Crippen molar-refractivity contribution in [3.63, 3.8) is 0 Å². The molecule has 0 aromatic heterocycles. The largest absolute Gasteiger partial charge is 0.294 e. The zero-order valence-electron chi connectivity index (χ0n) is 11.5. The zero-order valence-corrected chi connectivity index (χ0v) is 11.5. The Morgan fingerprint density at radius 1 is 1.10 bits per heavy atom. The van der Waals surface area contributed by atoms with Gasteiger partial charge in [0.15, 0.2) is 5.78 Å². The number of hydrogen-bond acceptors (Lipinski definition) is 3. The molecule has 1 saturated heterocycles. The highest BCUT2D eigenvalue weighted by molar-refractivity contribution is 6.06. The Labute approximate surface area is 121 Å². The number of rotatable bonds is 4. The summed E-state index contributed by atoms with van der Waals surface area (Å²) < 4.78 is 12.8. The van der Waals surface area contributed by atoms with Crippen molar-refractivity contribution in [1.82, 2.24) is 4.90 Å². The van der Waals surface area contributed by atoms with Crippen LogP contribution in [0.15, 0.2) is 24.3 Å². The SMILES string of the molecule is O=C(CCN1C(=O)C2CCCC2C1=O)c1ccc(F)cc1. The molecule has 1 saturated carbocycles. The van der Waals surface area contributed by atoms with Crippen LogP contribution in [-0.4, -0.2) is 29.0 Å². The van der Waals surface area contributed by atoms with Gasteiger partial charge in [-0.1, -0.05) is 6.42 Å². The van der Waals surface area contributed by atoms with Crippen LogP contribution in [0.5, 0.6) is 0 Å². The lowest BCUT2D eigenvalue weighted by atomic mass is 10.00. The maximum atomic E-state index is 12.8. The fourth-order valence-electron chi connectivity index (χ4n) is 3.27. The molecule has 4 nitrogen and oxygen atoms in total. The van der Waals surface area contributed by atoms with Gasteiger partial charge in [-0.3, -0.25) is 19.3 Å². The molecule has 1 aliphatic heterocycles. The van der Waals surface area contributed by atoms with Crippen molar-refractivity contribution >= 4 is 17.6 Å². The first kappa shape index (κ1) is 13.9. The fraction of sp³-hybridized carbons (Fsp3) is 0.438. The lowest BCUT2D eigenvalue weighted by Gasteiger charge is -2.15. The lowest BCUT2D eigenvalue weighted by Crippen LogP contribution is -2.33. The topological polar surface area (TPSA) is 54.5 Å². The molecular formula is C16H16FNO3. The van der Waals surface area contributed by atoms with Crippen LogP contribution in [-0.2, 0) is 9.59 Å². The van der Waals surface area contributed by atoms with Gasteiger partial charge in [0.2, 0.25) is 11.8 Å². The van der Waals surface area contributed by atoms with Crippen LogP contribution in [0.2, 0.25) is 0 Å².